The maximum absolute atomic E-state index is 13.3. The van der Waals surface area contributed by atoms with Crippen LogP contribution in [0.15, 0.2) is 21.5 Å². The van der Waals surface area contributed by atoms with Gasteiger partial charge in [0.05, 0.1) is 21.9 Å². The number of hydrogen-bond acceptors (Lipinski definition) is 3. The molecule has 104 valence electrons. The summed E-state index contributed by atoms with van der Waals surface area (Å²) in [7, 11) is -2.33. The summed E-state index contributed by atoms with van der Waals surface area (Å²) in [6.07, 6.45) is 0.0944. The molecule has 1 aromatic carbocycles. The summed E-state index contributed by atoms with van der Waals surface area (Å²) < 4.78 is 39.4. The van der Waals surface area contributed by atoms with E-state index in [0.717, 1.165) is 4.31 Å². The minimum Gasteiger partial charge on any atom is -0.207 e. The third-order valence-electron chi connectivity index (χ3n) is 2.88. The molecule has 0 radical (unpaired) electrons. The van der Waals surface area contributed by atoms with Gasteiger partial charge in [0.1, 0.15) is 5.82 Å². The Balaban J connectivity index is 3.29. The van der Waals surface area contributed by atoms with Crippen LogP contribution in [0.5, 0.6) is 0 Å². The van der Waals surface area contributed by atoms with Crippen LogP contribution in [0.2, 0.25) is 0 Å². The molecule has 0 fully saturated rings. The Labute approximate surface area is 121 Å². The first-order chi connectivity index (χ1) is 8.71. The van der Waals surface area contributed by atoms with Crippen LogP contribution in [-0.4, -0.2) is 25.8 Å². The third-order valence-corrected chi connectivity index (χ3v) is 5.60. The van der Waals surface area contributed by atoms with E-state index in [9.17, 15) is 12.8 Å². The fourth-order valence-electron chi connectivity index (χ4n) is 1.56. The molecule has 19 heavy (non-hydrogen) atoms. The van der Waals surface area contributed by atoms with Crippen molar-refractivity contribution in [2.24, 2.45) is 0 Å². The van der Waals surface area contributed by atoms with Crippen molar-refractivity contribution in [2.75, 3.05) is 7.05 Å². The van der Waals surface area contributed by atoms with Gasteiger partial charge in [0.2, 0.25) is 10.0 Å². The second-order valence-corrected chi connectivity index (χ2v) is 7.08. The Morgan fingerprint density at radius 3 is 2.63 bits per heavy atom. The van der Waals surface area contributed by atoms with E-state index >= 15 is 0 Å². The molecule has 0 aliphatic heterocycles. The molecule has 0 spiro atoms. The summed E-state index contributed by atoms with van der Waals surface area (Å²) in [4.78, 5) is 0.0352. The van der Waals surface area contributed by atoms with E-state index in [1.165, 1.54) is 26.1 Å². The summed E-state index contributed by atoms with van der Waals surface area (Å²) in [5, 5.41) is 8.63. The van der Waals surface area contributed by atoms with Gasteiger partial charge in [-0.2, -0.15) is 9.57 Å². The zero-order chi connectivity index (χ0) is 14.8. The molecular formula is C12H14BrFN2O2S. The molecular weight excluding hydrogens is 335 g/mol. The number of nitriles is 1. The molecule has 0 heterocycles. The molecule has 0 amide bonds. The standard InChI is InChI=1S/C12H14BrFN2O2S/c1-8-6-11(14)10(13)7-12(8)19(17,18)16(3)9(2)4-5-15/h6-7,9H,4H2,1-3H3/t9-/m1/s1. The van der Waals surface area contributed by atoms with Crippen LogP contribution < -0.4 is 0 Å². The normalized spacial score (nSPS) is 13.3. The molecule has 0 saturated heterocycles. The highest BCUT2D eigenvalue weighted by Crippen LogP contribution is 2.27. The molecule has 0 bridgehead atoms. The van der Waals surface area contributed by atoms with E-state index in [1.807, 2.05) is 6.07 Å². The molecule has 1 rings (SSSR count). The number of nitrogens with zero attached hydrogens (tertiary/aromatic N) is 2. The fraction of sp³-hybridized carbons (Fsp3) is 0.417. The molecule has 0 aliphatic carbocycles. The van der Waals surface area contributed by atoms with Crippen molar-refractivity contribution in [3.8, 4) is 6.07 Å². The monoisotopic (exact) mass is 348 g/mol. The summed E-state index contributed by atoms with van der Waals surface area (Å²) in [5.74, 6) is -0.510. The maximum atomic E-state index is 13.3. The van der Waals surface area contributed by atoms with Crippen molar-refractivity contribution in [3.63, 3.8) is 0 Å². The Morgan fingerprint density at radius 2 is 2.11 bits per heavy atom. The topological polar surface area (TPSA) is 61.2 Å². The van der Waals surface area contributed by atoms with Gasteiger partial charge in [-0.25, -0.2) is 12.8 Å². The summed E-state index contributed by atoms with van der Waals surface area (Å²) in [5.41, 5.74) is 0.330. The van der Waals surface area contributed by atoms with Crippen LogP contribution >= 0.6 is 15.9 Å². The lowest BCUT2D eigenvalue weighted by atomic mass is 10.2. The highest BCUT2D eigenvalue weighted by atomic mass is 79.9. The van der Waals surface area contributed by atoms with E-state index in [1.54, 1.807) is 6.92 Å². The van der Waals surface area contributed by atoms with Crippen LogP contribution in [0.1, 0.15) is 18.9 Å². The Bertz CT molecular complexity index is 625. The van der Waals surface area contributed by atoms with Crippen molar-refractivity contribution in [1.82, 2.24) is 4.31 Å². The third kappa shape index (κ3) is 3.32. The van der Waals surface area contributed by atoms with Crippen molar-refractivity contribution in [3.05, 3.63) is 28.0 Å². The van der Waals surface area contributed by atoms with Gasteiger partial charge in [-0.1, -0.05) is 0 Å². The molecule has 4 nitrogen and oxygen atoms in total. The summed E-state index contributed by atoms with van der Waals surface area (Å²) >= 11 is 2.98. The number of halogens is 2. The number of aryl methyl sites for hydroxylation is 1. The quantitative estimate of drug-likeness (QED) is 0.840. The van der Waals surface area contributed by atoms with Gasteiger partial charge < -0.3 is 0 Å². The number of sulfonamides is 1. The van der Waals surface area contributed by atoms with Crippen molar-refractivity contribution >= 4 is 26.0 Å². The van der Waals surface area contributed by atoms with E-state index in [0.29, 0.717) is 5.56 Å². The molecule has 0 N–H and O–H groups in total. The Morgan fingerprint density at radius 1 is 1.53 bits per heavy atom. The van der Waals surface area contributed by atoms with E-state index in [-0.39, 0.29) is 15.8 Å². The van der Waals surface area contributed by atoms with Gasteiger partial charge in [0.15, 0.2) is 0 Å². The molecule has 0 aliphatic rings. The lowest BCUT2D eigenvalue weighted by Crippen LogP contribution is -2.35. The van der Waals surface area contributed by atoms with Gasteiger partial charge in [-0.3, -0.25) is 0 Å². The predicted molar refractivity (Wildman–Crippen MR) is 73.5 cm³/mol. The molecule has 0 aromatic heterocycles. The van der Waals surface area contributed by atoms with Crippen molar-refractivity contribution < 1.29 is 12.8 Å². The highest BCUT2D eigenvalue weighted by molar-refractivity contribution is 9.10. The minimum atomic E-state index is -3.74. The molecule has 7 heteroatoms. The number of rotatable bonds is 4. The molecule has 1 aromatic rings. The van der Waals surface area contributed by atoms with E-state index in [4.69, 9.17) is 5.26 Å². The largest absolute Gasteiger partial charge is 0.243 e. The van der Waals surface area contributed by atoms with Crippen molar-refractivity contribution in [1.29, 1.82) is 5.26 Å². The minimum absolute atomic E-state index is 0.0352. The van der Waals surface area contributed by atoms with Crippen LogP contribution in [0.4, 0.5) is 4.39 Å². The fourth-order valence-corrected chi connectivity index (χ4v) is 3.64. The lowest BCUT2D eigenvalue weighted by Gasteiger charge is -2.23. The van der Waals surface area contributed by atoms with E-state index in [2.05, 4.69) is 15.9 Å². The summed E-state index contributed by atoms with van der Waals surface area (Å²) in [6, 6.07) is 3.90. The Hall–Kier alpha value is -0.970. The molecule has 0 unspecified atom stereocenters. The van der Waals surface area contributed by atoms with E-state index < -0.39 is 21.9 Å². The van der Waals surface area contributed by atoms with Crippen LogP contribution in [0, 0.1) is 24.1 Å². The number of benzene rings is 1. The number of hydrogen-bond donors (Lipinski definition) is 0. The van der Waals surface area contributed by atoms with Crippen LogP contribution in [-0.2, 0) is 10.0 Å². The average Bonchev–Trinajstić information content (AvgIpc) is 2.32. The lowest BCUT2D eigenvalue weighted by molar-refractivity contribution is 0.393. The SMILES string of the molecule is Cc1cc(F)c(Br)cc1S(=O)(=O)N(C)[C@H](C)CC#N. The first kappa shape index (κ1) is 16.1. The van der Waals surface area contributed by atoms with Gasteiger partial charge >= 0.3 is 0 Å². The molecule has 0 saturated carbocycles. The Kier molecular flexibility index (Phi) is 5.07. The highest BCUT2D eigenvalue weighted by Gasteiger charge is 2.27. The van der Waals surface area contributed by atoms with Gasteiger partial charge in [0.25, 0.3) is 0 Å². The first-order valence-corrected chi connectivity index (χ1v) is 7.75. The maximum Gasteiger partial charge on any atom is 0.243 e. The van der Waals surface area contributed by atoms with Gasteiger partial charge in [-0.05, 0) is 47.5 Å². The zero-order valence-electron chi connectivity index (χ0n) is 10.8. The average molecular weight is 349 g/mol. The smallest absolute Gasteiger partial charge is 0.207 e. The molecule has 1 atom stereocenters. The van der Waals surface area contributed by atoms with Crippen molar-refractivity contribution in [2.45, 2.75) is 31.2 Å². The second-order valence-electron chi connectivity index (χ2n) is 4.26. The predicted octanol–water partition coefficient (Wildman–Crippen LogP) is 2.82. The summed E-state index contributed by atoms with van der Waals surface area (Å²) in [6.45, 7) is 3.18. The zero-order valence-corrected chi connectivity index (χ0v) is 13.2. The second kappa shape index (κ2) is 5.99. The van der Waals surface area contributed by atoms with Crippen LogP contribution in [0.3, 0.4) is 0 Å². The van der Waals surface area contributed by atoms with Gasteiger partial charge in [0, 0.05) is 13.1 Å². The first-order valence-electron chi connectivity index (χ1n) is 5.52. The van der Waals surface area contributed by atoms with Gasteiger partial charge in [-0.15, -0.1) is 0 Å². The van der Waals surface area contributed by atoms with Crippen LogP contribution in [0.25, 0.3) is 0 Å².